The van der Waals surface area contributed by atoms with Gasteiger partial charge in [-0.1, -0.05) is 11.6 Å². The first kappa shape index (κ1) is 15.6. The molecule has 2 rings (SSSR count). The Morgan fingerprint density at radius 2 is 2.19 bits per heavy atom. The topological polar surface area (TPSA) is 75.4 Å². The molecule has 1 aliphatic rings. The third-order valence-corrected chi connectivity index (χ3v) is 3.36. The molecule has 1 aromatic heterocycles. The number of hydrogen-bond acceptors (Lipinski definition) is 5. The fourth-order valence-corrected chi connectivity index (χ4v) is 2.40. The Bertz CT molecular complexity index is 533. The van der Waals surface area contributed by atoms with Crippen LogP contribution in [0.4, 0.5) is 24.9 Å². The molecule has 0 aliphatic carbocycles. The zero-order valence-corrected chi connectivity index (χ0v) is 11.8. The molecule has 0 saturated carbocycles. The number of alkyl halides is 3. The fourth-order valence-electron chi connectivity index (χ4n) is 2.22. The van der Waals surface area contributed by atoms with Crippen LogP contribution in [0.1, 0.15) is 6.42 Å². The van der Waals surface area contributed by atoms with Gasteiger partial charge in [-0.15, -0.1) is 0 Å². The first-order valence-electron chi connectivity index (χ1n) is 6.06. The van der Waals surface area contributed by atoms with Crippen molar-refractivity contribution in [2.24, 2.45) is 0 Å². The molecule has 6 nitrogen and oxygen atoms in total. The number of nitrogens with two attached hydrogens (primary N) is 1. The van der Waals surface area contributed by atoms with Gasteiger partial charge in [-0.25, -0.2) is 4.98 Å². The number of hydrogen-bond donors (Lipinski definition) is 1. The highest BCUT2D eigenvalue weighted by Gasteiger charge is 2.41. The minimum absolute atomic E-state index is 0.0433. The summed E-state index contributed by atoms with van der Waals surface area (Å²) in [6, 6.07) is 0.676. The van der Waals surface area contributed by atoms with Crippen molar-refractivity contribution in [2.45, 2.75) is 18.6 Å². The molecule has 10 heteroatoms. The second-order valence-corrected chi connectivity index (χ2v) is 5.08. The van der Waals surface area contributed by atoms with Crippen LogP contribution in [-0.4, -0.2) is 53.1 Å². The smallest absolute Gasteiger partial charge is 0.368 e. The number of likely N-dealkylation sites (tertiary alicyclic amines) is 1. The number of carbonyl (C=O) groups excluding carboxylic acids is 1. The molecule has 0 spiro atoms. The van der Waals surface area contributed by atoms with Crippen LogP contribution >= 0.6 is 11.6 Å². The molecule has 1 aliphatic heterocycles. The first-order valence-corrected chi connectivity index (χ1v) is 6.43. The quantitative estimate of drug-likeness (QED) is 0.849. The van der Waals surface area contributed by atoms with Crippen LogP contribution in [-0.2, 0) is 4.79 Å². The molecule has 1 aromatic rings. The number of aromatic nitrogens is 2. The molecule has 21 heavy (non-hydrogen) atoms. The average Bonchev–Trinajstić information content (AvgIpc) is 2.67. The van der Waals surface area contributed by atoms with E-state index in [9.17, 15) is 18.0 Å². The molecule has 0 bridgehead atoms. The van der Waals surface area contributed by atoms with Gasteiger partial charge in [0.1, 0.15) is 23.6 Å². The summed E-state index contributed by atoms with van der Waals surface area (Å²) in [6.45, 7) is -1.20. The van der Waals surface area contributed by atoms with Crippen molar-refractivity contribution >= 4 is 29.3 Å². The van der Waals surface area contributed by atoms with Gasteiger partial charge in [0.2, 0.25) is 11.9 Å². The second kappa shape index (κ2) is 5.55. The molecule has 2 heterocycles. The van der Waals surface area contributed by atoms with Crippen molar-refractivity contribution in [3.8, 4) is 0 Å². The number of amides is 1. The van der Waals surface area contributed by atoms with E-state index >= 15 is 0 Å². The zero-order chi connectivity index (χ0) is 15.8. The van der Waals surface area contributed by atoms with Crippen molar-refractivity contribution in [2.75, 3.05) is 30.8 Å². The molecule has 1 atom stereocenters. The Balaban J connectivity index is 2.14. The third-order valence-electron chi connectivity index (χ3n) is 3.17. The highest BCUT2D eigenvalue weighted by molar-refractivity contribution is 6.29. The van der Waals surface area contributed by atoms with Crippen molar-refractivity contribution in [1.29, 1.82) is 0 Å². The zero-order valence-electron chi connectivity index (χ0n) is 11.1. The maximum Gasteiger partial charge on any atom is 0.406 e. The average molecular weight is 324 g/mol. The van der Waals surface area contributed by atoms with E-state index in [1.54, 1.807) is 7.05 Å². The van der Waals surface area contributed by atoms with Crippen LogP contribution in [0.2, 0.25) is 5.15 Å². The molecule has 1 fully saturated rings. The van der Waals surface area contributed by atoms with Crippen LogP contribution in [0.3, 0.4) is 0 Å². The molecular formula is C11H13ClF3N5O. The predicted molar refractivity (Wildman–Crippen MR) is 70.9 cm³/mol. The lowest BCUT2D eigenvalue weighted by atomic mass is 10.2. The Morgan fingerprint density at radius 3 is 2.76 bits per heavy atom. The number of carbonyl (C=O) groups is 1. The van der Waals surface area contributed by atoms with Gasteiger partial charge < -0.3 is 15.5 Å². The van der Waals surface area contributed by atoms with Crippen molar-refractivity contribution in [3.05, 3.63) is 11.2 Å². The molecule has 0 aromatic carbocycles. The summed E-state index contributed by atoms with van der Waals surface area (Å²) >= 11 is 5.75. The monoisotopic (exact) mass is 323 g/mol. The van der Waals surface area contributed by atoms with Gasteiger partial charge >= 0.3 is 6.18 Å². The number of halogens is 4. The summed E-state index contributed by atoms with van der Waals surface area (Å²) in [6.07, 6.45) is -4.14. The van der Waals surface area contributed by atoms with E-state index in [1.165, 1.54) is 11.0 Å². The lowest BCUT2D eigenvalue weighted by Crippen LogP contribution is -2.43. The molecule has 0 radical (unpaired) electrons. The number of likely N-dealkylation sites (N-methyl/N-ethyl adjacent to an activating group) is 1. The van der Waals surface area contributed by atoms with E-state index < -0.39 is 24.7 Å². The van der Waals surface area contributed by atoms with Gasteiger partial charge in [0.25, 0.3) is 0 Å². The minimum Gasteiger partial charge on any atom is -0.368 e. The highest BCUT2D eigenvalue weighted by Crippen LogP contribution is 2.26. The molecule has 116 valence electrons. The van der Waals surface area contributed by atoms with Crippen molar-refractivity contribution < 1.29 is 18.0 Å². The number of anilines is 2. The van der Waals surface area contributed by atoms with Crippen LogP contribution in [0, 0.1) is 0 Å². The summed E-state index contributed by atoms with van der Waals surface area (Å²) < 4.78 is 37.1. The normalized spacial score (nSPS) is 19.2. The van der Waals surface area contributed by atoms with Crippen molar-refractivity contribution in [1.82, 2.24) is 14.9 Å². The van der Waals surface area contributed by atoms with Gasteiger partial charge in [0.05, 0.1) is 0 Å². The van der Waals surface area contributed by atoms with Crippen LogP contribution in [0.25, 0.3) is 0 Å². The lowest BCUT2D eigenvalue weighted by molar-refractivity contribution is -0.157. The van der Waals surface area contributed by atoms with E-state index in [2.05, 4.69) is 9.97 Å². The maximum atomic E-state index is 12.4. The Labute approximate surface area is 123 Å². The summed E-state index contributed by atoms with van der Waals surface area (Å²) in [7, 11) is 1.55. The Morgan fingerprint density at radius 1 is 1.52 bits per heavy atom. The van der Waals surface area contributed by atoms with Gasteiger partial charge in [-0.3, -0.25) is 4.79 Å². The second-order valence-electron chi connectivity index (χ2n) is 4.70. The van der Waals surface area contributed by atoms with E-state index in [1.807, 2.05) is 0 Å². The Hall–Kier alpha value is -1.77. The van der Waals surface area contributed by atoms with Gasteiger partial charge in [-0.2, -0.15) is 18.2 Å². The molecule has 1 unspecified atom stereocenters. The standard InChI is InChI=1S/C11H13ClF3N5O/c1-19(8-4-7(12)17-10(16)18-8)6-2-3-20(9(6)21)5-11(13,14)15/h4,6H,2-3,5H2,1H3,(H2,16,17,18). The van der Waals surface area contributed by atoms with Crippen LogP contribution in [0.15, 0.2) is 6.07 Å². The van der Waals surface area contributed by atoms with Crippen LogP contribution < -0.4 is 10.6 Å². The highest BCUT2D eigenvalue weighted by atomic mass is 35.5. The Kier molecular flexibility index (Phi) is 4.13. The summed E-state index contributed by atoms with van der Waals surface area (Å²) in [5, 5.41) is 0.0990. The van der Waals surface area contributed by atoms with E-state index in [0.29, 0.717) is 5.82 Å². The molecule has 1 saturated heterocycles. The first-order chi connectivity index (χ1) is 9.67. The predicted octanol–water partition coefficient (Wildman–Crippen LogP) is 1.31. The number of rotatable bonds is 3. The minimum atomic E-state index is -4.41. The molecule has 2 N–H and O–H groups in total. The fraction of sp³-hybridized carbons (Fsp3) is 0.545. The SMILES string of the molecule is CN(c1cc(Cl)nc(N)n1)C1CCN(CC(F)(F)F)C1=O. The van der Waals surface area contributed by atoms with Gasteiger partial charge in [0.15, 0.2) is 0 Å². The van der Waals surface area contributed by atoms with E-state index in [-0.39, 0.29) is 24.1 Å². The van der Waals surface area contributed by atoms with E-state index in [4.69, 9.17) is 17.3 Å². The number of nitrogens with zero attached hydrogens (tertiary/aromatic N) is 4. The van der Waals surface area contributed by atoms with E-state index in [0.717, 1.165) is 4.90 Å². The van der Waals surface area contributed by atoms with Gasteiger partial charge in [0, 0.05) is 19.7 Å². The van der Waals surface area contributed by atoms with Crippen molar-refractivity contribution in [3.63, 3.8) is 0 Å². The molecule has 1 amide bonds. The maximum absolute atomic E-state index is 12.4. The summed E-state index contributed by atoms with van der Waals surface area (Å²) in [5.74, 6) is -0.371. The number of nitrogen functional groups attached to an aromatic ring is 1. The third kappa shape index (κ3) is 3.66. The molecular weight excluding hydrogens is 311 g/mol. The van der Waals surface area contributed by atoms with Crippen LogP contribution in [0.5, 0.6) is 0 Å². The summed E-state index contributed by atoms with van der Waals surface area (Å²) in [4.78, 5) is 21.9. The van der Waals surface area contributed by atoms with Gasteiger partial charge in [-0.05, 0) is 6.42 Å². The lowest BCUT2D eigenvalue weighted by Gasteiger charge is -2.25. The summed E-state index contributed by atoms with van der Waals surface area (Å²) in [5.41, 5.74) is 5.46. The largest absolute Gasteiger partial charge is 0.406 e.